The summed E-state index contributed by atoms with van der Waals surface area (Å²) in [6, 6.07) is 16.9. The fourth-order valence-electron chi connectivity index (χ4n) is 1.74. The molecule has 75 valence electrons. The van der Waals surface area contributed by atoms with Crippen LogP contribution in [0.2, 0.25) is 0 Å². The summed E-state index contributed by atoms with van der Waals surface area (Å²) in [5.41, 5.74) is 2.79. The Morgan fingerprint density at radius 3 is 2.75 bits per heavy atom. The molecule has 1 aromatic carbocycles. The van der Waals surface area contributed by atoms with Crippen LogP contribution >= 0.6 is 0 Å². The van der Waals surface area contributed by atoms with Crippen LogP contribution in [0.5, 0.6) is 0 Å². The molecule has 1 radical (unpaired) electrons. The molecule has 0 atom stereocenters. The molecule has 0 N–H and O–H groups in total. The lowest BCUT2D eigenvalue weighted by atomic mass is 10.1. The van der Waals surface area contributed by atoms with Crippen LogP contribution in [0.1, 0.15) is 0 Å². The second-order valence-corrected chi connectivity index (χ2v) is 3.51. The van der Waals surface area contributed by atoms with Crippen LogP contribution in [-0.4, -0.2) is 9.97 Å². The molecule has 0 bridgehead atoms. The first-order valence-corrected chi connectivity index (χ1v) is 5.12. The standard InChI is InChI=1S/C14H9N2/c1-2-5-11(6-3-1)13-14-12(8-10-16-13)7-4-9-15-14/h1-5,7-10H. The van der Waals surface area contributed by atoms with Gasteiger partial charge in [-0.05, 0) is 18.2 Å². The SMILES string of the molecule is [c]1ccccc1-c1nccc2cccnc12. The lowest BCUT2D eigenvalue weighted by molar-refractivity contribution is 1.31. The molecule has 2 aromatic heterocycles. The van der Waals surface area contributed by atoms with Gasteiger partial charge in [-0.25, -0.2) is 0 Å². The number of benzene rings is 1. The highest BCUT2D eigenvalue weighted by Gasteiger charge is 2.04. The molecule has 0 saturated carbocycles. The van der Waals surface area contributed by atoms with Gasteiger partial charge in [-0.2, -0.15) is 0 Å². The lowest BCUT2D eigenvalue weighted by Gasteiger charge is -2.03. The van der Waals surface area contributed by atoms with E-state index in [1.54, 1.807) is 12.4 Å². The molecular formula is C14H9N2. The van der Waals surface area contributed by atoms with Crippen molar-refractivity contribution in [3.63, 3.8) is 0 Å². The summed E-state index contributed by atoms with van der Waals surface area (Å²) < 4.78 is 0. The van der Waals surface area contributed by atoms with Crippen molar-refractivity contribution in [2.24, 2.45) is 0 Å². The van der Waals surface area contributed by atoms with E-state index < -0.39 is 0 Å². The van der Waals surface area contributed by atoms with Gasteiger partial charge in [0.2, 0.25) is 0 Å². The molecule has 0 aliphatic rings. The molecule has 0 unspecified atom stereocenters. The first-order chi connectivity index (χ1) is 7.95. The van der Waals surface area contributed by atoms with Crippen molar-refractivity contribution in [1.29, 1.82) is 0 Å². The minimum Gasteiger partial charge on any atom is -0.254 e. The van der Waals surface area contributed by atoms with Gasteiger partial charge in [0.1, 0.15) is 0 Å². The van der Waals surface area contributed by atoms with Gasteiger partial charge in [-0.3, -0.25) is 9.97 Å². The predicted octanol–water partition coefficient (Wildman–Crippen LogP) is 3.10. The second kappa shape index (κ2) is 3.74. The van der Waals surface area contributed by atoms with Crippen molar-refractivity contribution in [3.8, 4) is 11.3 Å². The molecule has 0 saturated heterocycles. The molecule has 3 rings (SSSR count). The van der Waals surface area contributed by atoms with Gasteiger partial charge in [0, 0.05) is 23.3 Å². The smallest absolute Gasteiger partial charge is 0.0970 e. The molecule has 2 nitrogen and oxygen atoms in total. The van der Waals surface area contributed by atoms with E-state index in [1.165, 1.54) is 0 Å². The Labute approximate surface area is 93.6 Å². The number of hydrogen-bond donors (Lipinski definition) is 0. The highest BCUT2D eigenvalue weighted by atomic mass is 14.7. The molecule has 2 heterocycles. The molecular weight excluding hydrogens is 196 g/mol. The Bertz CT molecular complexity index is 612. The third kappa shape index (κ3) is 1.44. The first kappa shape index (κ1) is 9.04. The van der Waals surface area contributed by atoms with Gasteiger partial charge >= 0.3 is 0 Å². The lowest BCUT2D eigenvalue weighted by Crippen LogP contribution is -1.87. The Hall–Kier alpha value is -2.22. The van der Waals surface area contributed by atoms with E-state index in [4.69, 9.17) is 0 Å². The van der Waals surface area contributed by atoms with E-state index in [2.05, 4.69) is 16.0 Å². The average molecular weight is 205 g/mol. The number of fused-ring (bicyclic) bond motifs is 1. The largest absolute Gasteiger partial charge is 0.254 e. The minimum absolute atomic E-state index is 0.888. The number of aromatic nitrogens is 2. The van der Waals surface area contributed by atoms with Crippen molar-refractivity contribution in [3.05, 3.63) is 60.9 Å². The van der Waals surface area contributed by atoms with Gasteiger partial charge in [-0.15, -0.1) is 0 Å². The van der Waals surface area contributed by atoms with Crippen LogP contribution in [0.3, 0.4) is 0 Å². The maximum atomic E-state index is 4.38. The van der Waals surface area contributed by atoms with Crippen molar-refractivity contribution in [2.45, 2.75) is 0 Å². The Kier molecular flexibility index (Phi) is 2.11. The normalized spacial score (nSPS) is 10.5. The van der Waals surface area contributed by atoms with E-state index in [0.717, 1.165) is 22.2 Å². The molecule has 3 aromatic rings. The highest BCUT2D eigenvalue weighted by Crippen LogP contribution is 2.23. The fourth-order valence-corrected chi connectivity index (χ4v) is 1.74. The molecule has 0 amide bonds. The number of pyridine rings is 2. The number of hydrogen-bond acceptors (Lipinski definition) is 2. The number of rotatable bonds is 1. The Morgan fingerprint density at radius 1 is 0.875 bits per heavy atom. The summed E-state index contributed by atoms with van der Waals surface area (Å²) in [6.45, 7) is 0. The van der Waals surface area contributed by atoms with Crippen LogP contribution in [0.15, 0.2) is 54.9 Å². The molecule has 0 aliphatic carbocycles. The van der Waals surface area contributed by atoms with E-state index in [0.29, 0.717) is 0 Å². The van der Waals surface area contributed by atoms with Gasteiger partial charge in [0.05, 0.1) is 11.2 Å². The summed E-state index contributed by atoms with van der Waals surface area (Å²) in [4.78, 5) is 8.76. The predicted molar refractivity (Wildman–Crippen MR) is 63.8 cm³/mol. The van der Waals surface area contributed by atoms with Gasteiger partial charge in [0.15, 0.2) is 0 Å². The quantitative estimate of drug-likeness (QED) is 0.610. The second-order valence-electron chi connectivity index (χ2n) is 3.51. The minimum atomic E-state index is 0.888. The van der Waals surface area contributed by atoms with Crippen molar-refractivity contribution >= 4 is 10.9 Å². The monoisotopic (exact) mass is 205 g/mol. The summed E-state index contributed by atoms with van der Waals surface area (Å²) >= 11 is 0. The highest BCUT2D eigenvalue weighted by molar-refractivity contribution is 5.90. The zero-order valence-electron chi connectivity index (χ0n) is 8.59. The van der Waals surface area contributed by atoms with Gasteiger partial charge < -0.3 is 0 Å². The van der Waals surface area contributed by atoms with E-state index >= 15 is 0 Å². The van der Waals surface area contributed by atoms with Crippen molar-refractivity contribution < 1.29 is 0 Å². The van der Waals surface area contributed by atoms with Crippen molar-refractivity contribution in [2.75, 3.05) is 0 Å². The molecule has 0 aliphatic heterocycles. The molecule has 0 spiro atoms. The van der Waals surface area contributed by atoms with Crippen LogP contribution in [-0.2, 0) is 0 Å². The summed E-state index contributed by atoms with van der Waals surface area (Å²) in [6.07, 6.45) is 3.59. The maximum absolute atomic E-state index is 4.38. The van der Waals surface area contributed by atoms with E-state index in [9.17, 15) is 0 Å². The third-order valence-corrected chi connectivity index (χ3v) is 2.49. The molecule has 16 heavy (non-hydrogen) atoms. The fraction of sp³-hybridized carbons (Fsp3) is 0. The number of nitrogens with zero attached hydrogens (tertiary/aromatic N) is 2. The summed E-state index contributed by atoms with van der Waals surface area (Å²) in [7, 11) is 0. The average Bonchev–Trinajstić information content (AvgIpc) is 2.39. The summed E-state index contributed by atoms with van der Waals surface area (Å²) in [5, 5.41) is 1.10. The summed E-state index contributed by atoms with van der Waals surface area (Å²) in [5.74, 6) is 0. The Balaban J connectivity index is 2.32. The third-order valence-electron chi connectivity index (χ3n) is 2.49. The van der Waals surface area contributed by atoms with Gasteiger partial charge in [-0.1, -0.05) is 30.3 Å². The van der Waals surface area contributed by atoms with E-state index in [-0.39, 0.29) is 0 Å². The first-order valence-electron chi connectivity index (χ1n) is 5.12. The Morgan fingerprint density at radius 2 is 1.88 bits per heavy atom. The van der Waals surface area contributed by atoms with Crippen LogP contribution in [0.25, 0.3) is 22.2 Å². The molecule has 0 fully saturated rings. The zero-order valence-corrected chi connectivity index (χ0v) is 8.59. The topological polar surface area (TPSA) is 25.8 Å². The van der Waals surface area contributed by atoms with Crippen LogP contribution in [0.4, 0.5) is 0 Å². The van der Waals surface area contributed by atoms with Crippen LogP contribution in [0, 0.1) is 6.07 Å². The molecule has 2 heteroatoms. The zero-order chi connectivity index (χ0) is 10.8. The van der Waals surface area contributed by atoms with Crippen LogP contribution < -0.4 is 0 Å². The van der Waals surface area contributed by atoms with Gasteiger partial charge in [0.25, 0.3) is 0 Å². The maximum Gasteiger partial charge on any atom is 0.0970 e. The van der Waals surface area contributed by atoms with Crippen molar-refractivity contribution in [1.82, 2.24) is 9.97 Å². The van der Waals surface area contributed by atoms with E-state index in [1.807, 2.05) is 42.5 Å².